The first-order chi connectivity index (χ1) is 16.4. The molecule has 2 aromatic carbocycles. The van der Waals surface area contributed by atoms with Crippen molar-refractivity contribution >= 4 is 23.6 Å². The van der Waals surface area contributed by atoms with Crippen LogP contribution in [0.3, 0.4) is 0 Å². The number of ether oxygens (including phenoxy) is 3. The molecule has 0 radical (unpaired) electrons. The molecule has 9 nitrogen and oxygen atoms in total. The minimum atomic E-state index is -0.367. The van der Waals surface area contributed by atoms with Crippen molar-refractivity contribution in [2.45, 2.75) is 44.1 Å². The number of hydrogen-bond acceptors (Lipinski definition) is 6. The quantitative estimate of drug-likeness (QED) is 0.655. The largest absolute Gasteiger partial charge is 0.490 e. The van der Waals surface area contributed by atoms with Gasteiger partial charge >= 0.3 is 12.0 Å². The van der Waals surface area contributed by atoms with Crippen LogP contribution in [-0.4, -0.2) is 61.8 Å². The van der Waals surface area contributed by atoms with Crippen LogP contribution in [0.2, 0.25) is 0 Å². The number of urea groups is 1. The van der Waals surface area contributed by atoms with E-state index in [9.17, 15) is 14.4 Å². The number of fused-ring (bicyclic) bond motifs is 2. The van der Waals surface area contributed by atoms with Crippen molar-refractivity contribution in [3.05, 3.63) is 59.7 Å². The molecule has 4 rings (SSSR count). The summed E-state index contributed by atoms with van der Waals surface area (Å²) in [6, 6.07) is 14.0. The average Bonchev–Trinajstić information content (AvgIpc) is 2.86. The molecule has 2 N–H and O–H groups in total. The standard InChI is InChI=1S/C25H29N3O6/c1-28-20-10-9-18(13-23(29)32-2)34-22(20)15-33-21-11-8-17(12-19(21)24(28)30)27-25(31)26-14-16-6-4-3-5-7-16/h3-8,11-12,18,20,22H,9-10,13-15H2,1-2H3,(H2,26,27,31)/t18-,20+,22+/m1/s1. The number of carbonyl (C=O) groups is 3. The summed E-state index contributed by atoms with van der Waals surface area (Å²) >= 11 is 0. The molecule has 0 bridgehead atoms. The number of benzene rings is 2. The van der Waals surface area contributed by atoms with Gasteiger partial charge in [0.15, 0.2) is 0 Å². The number of methoxy groups -OCH3 is 1. The maximum absolute atomic E-state index is 13.3. The fourth-order valence-corrected chi connectivity index (χ4v) is 4.33. The van der Waals surface area contributed by atoms with E-state index in [2.05, 4.69) is 10.6 Å². The Hall–Kier alpha value is -3.59. The highest BCUT2D eigenvalue weighted by atomic mass is 16.5. The second kappa shape index (κ2) is 10.6. The van der Waals surface area contributed by atoms with Gasteiger partial charge in [0.2, 0.25) is 0 Å². The third kappa shape index (κ3) is 5.48. The molecule has 2 aliphatic rings. The molecule has 180 valence electrons. The third-order valence-corrected chi connectivity index (χ3v) is 6.19. The molecule has 0 saturated carbocycles. The molecule has 34 heavy (non-hydrogen) atoms. The van der Waals surface area contributed by atoms with Gasteiger partial charge in [-0.2, -0.15) is 0 Å². The van der Waals surface area contributed by atoms with Crippen LogP contribution in [0.5, 0.6) is 5.75 Å². The predicted molar refractivity (Wildman–Crippen MR) is 125 cm³/mol. The molecule has 2 heterocycles. The van der Waals surface area contributed by atoms with Crippen molar-refractivity contribution in [3.8, 4) is 5.75 Å². The lowest BCUT2D eigenvalue weighted by Crippen LogP contribution is -2.53. The molecule has 1 saturated heterocycles. The van der Waals surface area contributed by atoms with Crippen LogP contribution in [0.1, 0.15) is 35.2 Å². The summed E-state index contributed by atoms with van der Waals surface area (Å²) in [5.41, 5.74) is 1.85. The molecule has 2 aliphatic heterocycles. The molecule has 0 aliphatic carbocycles. The highest BCUT2D eigenvalue weighted by Crippen LogP contribution is 2.32. The zero-order valence-corrected chi connectivity index (χ0v) is 19.3. The number of likely N-dealkylation sites (N-methyl/N-ethyl adjacent to an activating group) is 1. The minimum Gasteiger partial charge on any atom is -0.490 e. The maximum atomic E-state index is 13.3. The summed E-state index contributed by atoms with van der Waals surface area (Å²) < 4.78 is 16.8. The van der Waals surface area contributed by atoms with Crippen LogP contribution in [0, 0.1) is 0 Å². The van der Waals surface area contributed by atoms with Gasteiger partial charge in [0.1, 0.15) is 18.5 Å². The molecule has 3 atom stereocenters. The molecule has 0 aromatic heterocycles. The molecule has 1 fully saturated rings. The Morgan fingerprint density at radius 1 is 1.15 bits per heavy atom. The number of carbonyl (C=O) groups excluding carboxylic acids is 3. The Labute approximate surface area is 198 Å². The number of anilines is 1. The lowest BCUT2D eigenvalue weighted by atomic mass is 9.94. The van der Waals surface area contributed by atoms with Gasteiger partial charge in [-0.25, -0.2) is 4.79 Å². The number of hydrogen-bond donors (Lipinski definition) is 2. The zero-order valence-electron chi connectivity index (χ0n) is 19.3. The predicted octanol–water partition coefficient (Wildman–Crippen LogP) is 2.95. The van der Waals surface area contributed by atoms with E-state index in [1.165, 1.54) is 7.11 Å². The van der Waals surface area contributed by atoms with E-state index in [0.29, 0.717) is 36.4 Å². The summed E-state index contributed by atoms with van der Waals surface area (Å²) in [6.45, 7) is 0.639. The third-order valence-electron chi connectivity index (χ3n) is 6.19. The summed E-state index contributed by atoms with van der Waals surface area (Å²) in [4.78, 5) is 38.9. The van der Waals surface area contributed by atoms with Gasteiger partial charge in [-0.15, -0.1) is 0 Å². The van der Waals surface area contributed by atoms with E-state index >= 15 is 0 Å². The van der Waals surface area contributed by atoms with Crippen molar-refractivity contribution in [2.24, 2.45) is 0 Å². The van der Waals surface area contributed by atoms with Crippen molar-refractivity contribution < 1.29 is 28.6 Å². The van der Waals surface area contributed by atoms with Crippen molar-refractivity contribution in [2.75, 3.05) is 26.1 Å². The van der Waals surface area contributed by atoms with Crippen LogP contribution in [0.15, 0.2) is 48.5 Å². The number of amides is 3. The number of nitrogens with zero attached hydrogens (tertiary/aromatic N) is 1. The fourth-order valence-electron chi connectivity index (χ4n) is 4.33. The monoisotopic (exact) mass is 467 g/mol. The summed E-state index contributed by atoms with van der Waals surface area (Å²) in [5, 5.41) is 5.58. The Bertz CT molecular complexity index is 1040. The Morgan fingerprint density at radius 3 is 2.71 bits per heavy atom. The zero-order chi connectivity index (χ0) is 24.1. The van der Waals surface area contributed by atoms with Crippen LogP contribution < -0.4 is 15.4 Å². The van der Waals surface area contributed by atoms with Crippen LogP contribution in [0.25, 0.3) is 0 Å². The average molecular weight is 468 g/mol. The van der Waals surface area contributed by atoms with Gasteiger partial charge in [0.05, 0.1) is 31.2 Å². The molecule has 9 heteroatoms. The van der Waals surface area contributed by atoms with Crippen LogP contribution in [0.4, 0.5) is 10.5 Å². The van der Waals surface area contributed by atoms with E-state index in [1.54, 1.807) is 30.1 Å². The normalized spacial score (nSPS) is 21.8. The van der Waals surface area contributed by atoms with Crippen molar-refractivity contribution in [1.82, 2.24) is 10.2 Å². The van der Waals surface area contributed by atoms with Crippen LogP contribution in [-0.2, 0) is 20.8 Å². The van der Waals surface area contributed by atoms with Gasteiger partial charge in [-0.3, -0.25) is 9.59 Å². The lowest BCUT2D eigenvalue weighted by molar-refractivity contribution is -0.151. The topological polar surface area (TPSA) is 106 Å². The first-order valence-corrected chi connectivity index (χ1v) is 11.3. The molecular weight excluding hydrogens is 438 g/mol. The molecule has 0 unspecified atom stereocenters. The van der Waals surface area contributed by atoms with E-state index in [1.807, 2.05) is 30.3 Å². The molecule has 2 aromatic rings. The van der Waals surface area contributed by atoms with Gasteiger partial charge in [0.25, 0.3) is 5.91 Å². The number of esters is 1. The summed E-state index contributed by atoms with van der Waals surface area (Å²) in [7, 11) is 3.10. The van der Waals surface area contributed by atoms with E-state index in [0.717, 1.165) is 5.56 Å². The lowest BCUT2D eigenvalue weighted by Gasteiger charge is -2.42. The Morgan fingerprint density at radius 2 is 1.94 bits per heavy atom. The fraction of sp³-hybridized carbons (Fsp3) is 0.400. The van der Waals surface area contributed by atoms with Gasteiger partial charge in [-0.1, -0.05) is 30.3 Å². The second-order valence-corrected chi connectivity index (χ2v) is 8.45. The van der Waals surface area contributed by atoms with Crippen molar-refractivity contribution in [1.29, 1.82) is 0 Å². The minimum absolute atomic E-state index is 0.176. The second-order valence-electron chi connectivity index (χ2n) is 8.45. The van der Waals surface area contributed by atoms with Gasteiger partial charge < -0.3 is 29.7 Å². The molecule has 3 amide bonds. The molecule has 0 spiro atoms. The summed E-state index contributed by atoms with van der Waals surface area (Å²) in [5.74, 6) is -0.116. The Kier molecular flexibility index (Phi) is 7.32. The van der Waals surface area contributed by atoms with E-state index < -0.39 is 0 Å². The number of nitrogens with one attached hydrogen (secondary N) is 2. The first-order valence-electron chi connectivity index (χ1n) is 11.3. The van der Waals surface area contributed by atoms with E-state index in [-0.39, 0.29) is 49.2 Å². The Balaban J connectivity index is 1.43. The summed E-state index contributed by atoms with van der Waals surface area (Å²) in [6.07, 6.45) is 0.888. The highest BCUT2D eigenvalue weighted by molar-refractivity contribution is 5.99. The highest BCUT2D eigenvalue weighted by Gasteiger charge is 2.39. The first kappa shape index (κ1) is 23.6. The molecular formula is C25H29N3O6. The number of rotatable bonds is 5. The smallest absolute Gasteiger partial charge is 0.319 e. The van der Waals surface area contributed by atoms with Gasteiger partial charge in [0, 0.05) is 19.3 Å². The van der Waals surface area contributed by atoms with Crippen LogP contribution >= 0.6 is 0 Å². The maximum Gasteiger partial charge on any atom is 0.319 e. The van der Waals surface area contributed by atoms with Crippen molar-refractivity contribution in [3.63, 3.8) is 0 Å². The SMILES string of the molecule is COC(=O)C[C@H]1CC[C@H]2[C@H](COc3ccc(NC(=O)NCc4ccccc4)cc3C(=O)N2C)O1. The van der Waals surface area contributed by atoms with Gasteiger partial charge in [-0.05, 0) is 36.6 Å². The van der Waals surface area contributed by atoms with E-state index in [4.69, 9.17) is 14.2 Å².